The van der Waals surface area contributed by atoms with E-state index in [-0.39, 0.29) is 17.4 Å². The fourth-order valence-electron chi connectivity index (χ4n) is 4.58. The Morgan fingerprint density at radius 2 is 2.12 bits per heavy atom. The minimum atomic E-state index is -0.0851. The molecule has 2 saturated heterocycles. The maximum atomic E-state index is 13.2. The number of nitrogens with zero attached hydrogens (tertiary/aromatic N) is 2. The standard InChI is InChI=1S/C20H29N3O3/c1-22-9-10-23(14-20(22)5-7-21-8-6-20)19(24)16-11-15-3-4-17(25-2)12-18(15)26-13-16/h3-4,12,16,21H,5-11,13-14H2,1-2H3/t16-/m0/s1. The van der Waals surface area contributed by atoms with Crippen LogP contribution in [0.15, 0.2) is 18.2 Å². The maximum Gasteiger partial charge on any atom is 0.229 e. The predicted octanol–water partition coefficient (Wildman–Crippen LogP) is 1.14. The van der Waals surface area contributed by atoms with Gasteiger partial charge in [0.05, 0.1) is 13.0 Å². The number of hydrogen-bond donors (Lipinski definition) is 1. The average Bonchev–Trinajstić information content (AvgIpc) is 2.69. The highest BCUT2D eigenvalue weighted by atomic mass is 16.5. The highest BCUT2D eigenvalue weighted by molar-refractivity contribution is 5.80. The average molecular weight is 359 g/mol. The van der Waals surface area contributed by atoms with E-state index in [2.05, 4.69) is 22.2 Å². The summed E-state index contributed by atoms with van der Waals surface area (Å²) in [4.78, 5) is 17.8. The first-order chi connectivity index (χ1) is 12.6. The van der Waals surface area contributed by atoms with Crippen LogP contribution < -0.4 is 14.8 Å². The summed E-state index contributed by atoms with van der Waals surface area (Å²) in [7, 11) is 3.86. The quantitative estimate of drug-likeness (QED) is 0.858. The van der Waals surface area contributed by atoms with E-state index in [1.54, 1.807) is 7.11 Å². The Labute approximate surface area is 155 Å². The number of ether oxygens (including phenoxy) is 2. The van der Waals surface area contributed by atoms with Crippen molar-refractivity contribution >= 4 is 5.91 Å². The van der Waals surface area contributed by atoms with Gasteiger partial charge in [-0.2, -0.15) is 0 Å². The van der Waals surface area contributed by atoms with Crippen LogP contribution >= 0.6 is 0 Å². The van der Waals surface area contributed by atoms with Gasteiger partial charge in [0.25, 0.3) is 0 Å². The molecule has 0 saturated carbocycles. The van der Waals surface area contributed by atoms with Crippen LogP contribution in [0, 0.1) is 5.92 Å². The number of amides is 1. The first-order valence-electron chi connectivity index (χ1n) is 9.62. The second-order valence-electron chi connectivity index (χ2n) is 7.84. The summed E-state index contributed by atoms with van der Waals surface area (Å²) in [5.74, 6) is 1.80. The molecule has 0 unspecified atom stereocenters. The first-order valence-corrected chi connectivity index (χ1v) is 9.62. The highest BCUT2D eigenvalue weighted by Gasteiger charge is 2.43. The Hall–Kier alpha value is -1.79. The van der Waals surface area contributed by atoms with Gasteiger partial charge in [0.1, 0.15) is 18.1 Å². The van der Waals surface area contributed by atoms with E-state index in [1.165, 1.54) is 0 Å². The van der Waals surface area contributed by atoms with Gasteiger partial charge in [-0.25, -0.2) is 0 Å². The van der Waals surface area contributed by atoms with Crippen LogP contribution in [0.2, 0.25) is 0 Å². The van der Waals surface area contributed by atoms with Crippen molar-refractivity contribution in [3.63, 3.8) is 0 Å². The maximum absolute atomic E-state index is 13.2. The Kier molecular flexibility index (Phi) is 4.80. The van der Waals surface area contributed by atoms with Crippen molar-refractivity contribution in [3.8, 4) is 11.5 Å². The Morgan fingerprint density at radius 3 is 2.88 bits per heavy atom. The van der Waals surface area contributed by atoms with Gasteiger partial charge in [0, 0.05) is 31.2 Å². The van der Waals surface area contributed by atoms with Gasteiger partial charge in [-0.3, -0.25) is 9.69 Å². The molecule has 1 aromatic rings. The molecule has 0 aliphatic carbocycles. The van der Waals surface area contributed by atoms with Crippen molar-refractivity contribution in [1.29, 1.82) is 0 Å². The summed E-state index contributed by atoms with van der Waals surface area (Å²) in [5, 5.41) is 3.44. The topological polar surface area (TPSA) is 54.0 Å². The van der Waals surface area contributed by atoms with Crippen LogP contribution in [-0.4, -0.2) is 74.7 Å². The molecule has 3 aliphatic rings. The zero-order chi connectivity index (χ0) is 18.1. The van der Waals surface area contributed by atoms with Gasteiger partial charge in [-0.1, -0.05) is 6.07 Å². The summed E-state index contributed by atoms with van der Waals surface area (Å²) in [6, 6.07) is 5.87. The normalized spacial score (nSPS) is 25.5. The number of fused-ring (bicyclic) bond motifs is 1. The molecule has 4 rings (SSSR count). The summed E-state index contributed by atoms with van der Waals surface area (Å²) in [6.45, 7) is 5.14. The fourth-order valence-corrected chi connectivity index (χ4v) is 4.58. The fraction of sp³-hybridized carbons (Fsp3) is 0.650. The van der Waals surface area contributed by atoms with Crippen molar-refractivity contribution in [1.82, 2.24) is 15.1 Å². The van der Waals surface area contributed by atoms with Crippen molar-refractivity contribution in [2.24, 2.45) is 5.92 Å². The van der Waals surface area contributed by atoms with Gasteiger partial charge in [0.15, 0.2) is 0 Å². The Morgan fingerprint density at radius 1 is 1.31 bits per heavy atom. The van der Waals surface area contributed by atoms with E-state index in [1.807, 2.05) is 18.2 Å². The van der Waals surface area contributed by atoms with Crippen LogP contribution in [0.1, 0.15) is 18.4 Å². The number of benzene rings is 1. The van der Waals surface area contributed by atoms with Crippen LogP contribution in [0.4, 0.5) is 0 Å². The molecule has 0 radical (unpaired) electrons. The lowest BCUT2D eigenvalue weighted by Crippen LogP contribution is -2.65. The molecule has 6 heteroatoms. The summed E-state index contributed by atoms with van der Waals surface area (Å²) < 4.78 is 11.2. The van der Waals surface area contributed by atoms with E-state index >= 15 is 0 Å². The van der Waals surface area contributed by atoms with E-state index in [9.17, 15) is 4.79 Å². The molecule has 1 N–H and O–H groups in total. The van der Waals surface area contributed by atoms with Gasteiger partial charge >= 0.3 is 0 Å². The molecule has 0 bridgehead atoms. The van der Waals surface area contributed by atoms with E-state index in [0.717, 1.165) is 69.0 Å². The molecule has 142 valence electrons. The smallest absolute Gasteiger partial charge is 0.229 e. The first kappa shape index (κ1) is 17.6. The Balaban J connectivity index is 1.46. The van der Waals surface area contributed by atoms with Gasteiger partial charge in [0.2, 0.25) is 5.91 Å². The summed E-state index contributed by atoms with van der Waals surface area (Å²) >= 11 is 0. The minimum Gasteiger partial charge on any atom is -0.497 e. The van der Waals surface area contributed by atoms with Gasteiger partial charge in [-0.15, -0.1) is 0 Å². The molecule has 1 amide bonds. The lowest BCUT2D eigenvalue weighted by molar-refractivity contribution is -0.143. The molecule has 0 aromatic heterocycles. The van der Waals surface area contributed by atoms with Crippen LogP contribution in [0.5, 0.6) is 11.5 Å². The van der Waals surface area contributed by atoms with Crippen molar-refractivity contribution in [2.45, 2.75) is 24.8 Å². The number of methoxy groups -OCH3 is 1. The zero-order valence-corrected chi connectivity index (χ0v) is 15.8. The second-order valence-corrected chi connectivity index (χ2v) is 7.84. The molecule has 1 atom stereocenters. The van der Waals surface area contributed by atoms with E-state index in [0.29, 0.717) is 6.61 Å². The minimum absolute atomic E-state index is 0.0851. The molecular weight excluding hydrogens is 330 g/mol. The number of piperazine rings is 1. The number of carbonyl (C=O) groups is 1. The van der Waals surface area contributed by atoms with Gasteiger partial charge in [-0.05, 0) is 51.0 Å². The molecule has 26 heavy (non-hydrogen) atoms. The lowest BCUT2D eigenvalue weighted by atomic mass is 9.84. The highest BCUT2D eigenvalue weighted by Crippen LogP contribution is 2.34. The Bertz CT molecular complexity index is 672. The largest absolute Gasteiger partial charge is 0.497 e. The SMILES string of the molecule is COc1ccc2c(c1)OC[C@@H](C(=O)N1CCN(C)C3(CCNCC3)C1)C2. The number of hydrogen-bond acceptors (Lipinski definition) is 5. The van der Waals surface area contributed by atoms with E-state index in [4.69, 9.17) is 9.47 Å². The monoisotopic (exact) mass is 359 g/mol. The van der Waals surface area contributed by atoms with E-state index < -0.39 is 0 Å². The number of piperidine rings is 1. The van der Waals surface area contributed by atoms with Gasteiger partial charge < -0.3 is 19.7 Å². The third kappa shape index (κ3) is 3.16. The van der Waals surface area contributed by atoms with Crippen molar-refractivity contribution < 1.29 is 14.3 Å². The summed E-state index contributed by atoms with van der Waals surface area (Å²) in [5.41, 5.74) is 1.24. The van der Waals surface area contributed by atoms with Crippen molar-refractivity contribution in [3.05, 3.63) is 23.8 Å². The van der Waals surface area contributed by atoms with Crippen LogP contribution in [0.25, 0.3) is 0 Å². The van der Waals surface area contributed by atoms with Crippen molar-refractivity contribution in [2.75, 3.05) is 53.5 Å². The molecule has 1 aromatic carbocycles. The second kappa shape index (κ2) is 7.08. The lowest BCUT2D eigenvalue weighted by Gasteiger charge is -2.52. The third-order valence-electron chi connectivity index (χ3n) is 6.38. The predicted molar refractivity (Wildman–Crippen MR) is 99.7 cm³/mol. The molecular formula is C20H29N3O3. The molecule has 2 fully saturated rings. The number of nitrogens with one attached hydrogen (secondary N) is 1. The number of likely N-dealkylation sites (N-methyl/N-ethyl adjacent to an activating group) is 1. The zero-order valence-electron chi connectivity index (χ0n) is 15.8. The third-order valence-corrected chi connectivity index (χ3v) is 6.38. The van der Waals surface area contributed by atoms with Crippen LogP contribution in [0.3, 0.4) is 0 Å². The molecule has 1 spiro atoms. The molecule has 3 aliphatic heterocycles. The molecule has 6 nitrogen and oxygen atoms in total. The summed E-state index contributed by atoms with van der Waals surface area (Å²) in [6.07, 6.45) is 2.97. The number of rotatable bonds is 2. The molecule has 3 heterocycles. The van der Waals surface area contributed by atoms with Crippen LogP contribution in [-0.2, 0) is 11.2 Å². The number of carbonyl (C=O) groups excluding carboxylic acids is 1.